The van der Waals surface area contributed by atoms with Crippen LogP contribution in [0, 0.1) is 11.3 Å². The molecule has 0 N–H and O–H groups in total. The molecule has 1 rings (SSSR count). The maximum atomic E-state index is 8.89. The van der Waals surface area contributed by atoms with E-state index in [9.17, 15) is 0 Å². The summed E-state index contributed by atoms with van der Waals surface area (Å²) in [7, 11) is 1.63. The van der Waals surface area contributed by atoms with Crippen LogP contribution in [0.2, 0.25) is 0 Å². The van der Waals surface area contributed by atoms with E-state index in [1.807, 2.05) is 38.1 Å². The van der Waals surface area contributed by atoms with Gasteiger partial charge in [0, 0.05) is 0 Å². The second kappa shape index (κ2) is 4.66. The summed E-state index contributed by atoms with van der Waals surface area (Å²) < 4.78 is 5.03. The Bertz CT molecular complexity index is 319. The minimum Gasteiger partial charge on any atom is -0.497 e. The molecule has 0 aliphatic carbocycles. The highest BCUT2D eigenvalue weighted by atomic mass is 16.5. The first-order chi connectivity index (χ1) is 6.10. The molecule has 14 heavy (non-hydrogen) atoms. The summed E-state index contributed by atoms with van der Waals surface area (Å²) in [5, 5.41) is 8.89. The second-order valence-corrected chi connectivity index (χ2v) is 3.47. The first kappa shape index (κ1) is 12.5. The highest BCUT2D eigenvalue weighted by Crippen LogP contribution is 2.23. The van der Waals surface area contributed by atoms with E-state index >= 15 is 0 Å². The minimum absolute atomic E-state index is 0. The van der Waals surface area contributed by atoms with Crippen LogP contribution in [0.25, 0.3) is 0 Å². The van der Waals surface area contributed by atoms with E-state index in [0.717, 1.165) is 11.3 Å². The number of ether oxygens (including phenoxy) is 1. The van der Waals surface area contributed by atoms with Crippen molar-refractivity contribution in [3.63, 3.8) is 0 Å². The molecular weight excluding hydrogens is 174 g/mol. The molecule has 1 aromatic rings. The Morgan fingerprint density at radius 2 is 1.71 bits per heavy atom. The van der Waals surface area contributed by atoms with Gasteiger partial charge in [-0.15, -0.1) is 0 Å². The van der Waals surface area contributed by atoms with Gasteiger partial charge in [0.05, 0.1) is 18.6 Å². The van der Waals surface area contributed by atoms with Crippen LogP contribution in [0.3, 0.4) is 0 Å². The zero-order valence-electron chi connectivity index (χ0n) is 8.16. The van der Waals surface area contributed by atoms with Crippen LogP contribution >= 0.6 is 0 Å². The molecule has 0 spiro atoms. The monoisotopic (exact) mass is 191 g/mol. The maximum absolute atomic E-state index is 8.89. The average Bonchev–Trinajstić information content (AvgIpc) is 2.18. The van der Waals surface area contributed by atoms with E-state index in [4.69, 9.17) is 10.00 Å². The van der Waals surface area contributed by atoms with Crippen molar-refractivity contribution in [1.82, 2.24) is 0 Å². The fourth-order valence-electron chi connectivity index (χ4n) is 1.07. The number of hydrogen-bond donors (Lipinski definition) is 0. The van der Waals surface area contributed by atoms with E-state index in [1.165, 1.54) is 0 Å². The summed E-state index contributed by atoms with van der Waals surface area (Å²) in [4.78, 5) is 0. The van der Waals surface area contributed by atoms with Crippen molar-refractivity contribution in [2.75, 3.05) is 7.11 Å². The van der Waals surface area contributed by atoms with Gasteiger partial charge in [-0.1, -0.05) is 19.6 Å². The van der Waals surface area contributed by atoms with E-state index in [1.54, 1.807) is 7.11 Å². The van der Waals surface area contributed by atoms with Crippen LogP contribution in [0.15, 0.2) is 24.3 Å². The van der Waals surface area contributed by atoms with Crippen LogP contribution in [-0.4, -0.2) is 7.11 Å². The highest BCUT2D eigenvalue weighted by molar-refractivity contribution is 5.34. The molecule has 0 aliphatic rings. The van der Waals surface area contributed by atoms with Gasteiger partial charge in [-0.05, 0) is 31.5 Å². The summed E-state index contributed by atoms with van der Waals surface area (Å²) in [6, 6.07) is 9.83. The molecule has 2 nitrogen and oxygen atoms in total. The molecule has 0 atom stereocenters. The molecule has 0 saturated heterocycles. The smallest absolute Gasteiger partial charge is 0.118 e. The minimum atomic E-state index is -0.424. The Balaban J connectivity index is 0.00000169. The van der Waals surface area contributed by atoms with Gasteiger partial charge in [0.25, 0.3) is 0 Å². The zero-order valence-corrected chi connectivity index (χ0v) is 8.16. The maximum Gasteiger partial charge on any atom is 0.118 e. The average molecular weight is 191 g/mol. The van der Waals surface area contributed by atoms with Crippen LogP contribution in [0.1, 0.15) is 26.8 Å². The standard InChI is InChI=1S/C11H13NO.CH4/c1-11(2,8-12)9-4-6-10(13-3)7-5-9;/h4-7H,1-3H3;1H4. The topological polar surface area (TPSA) is 33.0 Å². The van der Waals surface area contributed by atoms with Gasteiger partial charge in [-0.25, -0.2) is 0 Å². The molecule has 2 heteroatoms. The van der Waals surface area contributed by atoms with Gasteiger partial charge in [-0.2, -0.15) is 5.26 Å². The van der Waals surface area contributed by atoms with Crippen molar-refractivity contribution < 1.29 is 4.74 Å². The predicted octanol–water partition coefficient (Wildman–Crippen LogP) is 3.13. The molecule has 0 radical (unpaired) electrons. The molecular formula is C12H17NO. The number of hydrogen-bond acceptors (Lipinski definition) is 2. The summed E-state index contributed by atoms with van der Waals surface area (Å²) in [5.74, 6) is 0.817. The molecule has 0 amide bonds. The van der Waals surface area contributed by atoms with Crippen molar-refractivity contribution in [3.05, 3.63) is 29.8 Å². The fraction of sp³-hybridized carbons (Fsp3) is 0.417. The van der Waals surface area contributed by atoms with Gasteiger partial charge in [0.15, 0.2) is 0 Å². The fourth-order valence-corrected chi connectivity index (χ4v) is 1.07. The molecule has 1 aromatic carbocycles. The van der Waals surface area contributed by atoms with Crippen LogP contribution in [0.5, 0.6) is 5.75 Å². The van der Waals surface area contributed by atoms with Crippen LogP contribution in [0.4, 0.5) is 0 Å². The van der Waals surface area contributed by atoms with Crippen molar-refractivity contribution in [3.8, 4) is 11.8 Å². The normalized spacial score (nSPS) is 9.86. The Labute approximate surface area is 86.1 Å². The predicted molar refractivity (Wildman–Crippen MR) is 58.4 cm³/mol. The van der Waals surface area contributed by atoms with E-state index in [0.29, 0.717) is 0 Å². The number of methoxy groups -OCH3 is 1. The lowest BCUT2D eigenvalue weighted by atomic mass is 9.86. The van der Waals surface area contributed by atoms with E-state index in [-0.39, 0.29) is 7.43 Å². The lowest BCUT2D eigenvalue weighted by Gasteiger charge is -2.15. The third-order valence-corrected chi connectivity index (χ3v) is 2.09. The number of rotatable bonds is 2. The van der Waals surface area contributed by atoms with Gasteiger partial charge in [0.1, 0.15) is 5.75 Å². The molecule has 76 valence electrons. The summed E-state index contributed by atoms with van der Waals surface area (Å²) in [6.07, 6.45) is 0. The number of nitrogens with zero attached hydrogens (tertiary/aromatic N) is 1. The molecule has 0 aromatic heterocycles. The van der Waals surface area contributed by atoms with Crippen molar-refractivity contribution in [1.29, 1.82) is 5.26 Å². The van der Waals surface area contributed by atoms with Gasteiger partial charge >= 0.3 is 0 Å². The lowest BCUT2D eigenvalue weighted by Crippen LogP contribution is -2.13. The highest BCUT2D eigenvalue weighted by Gasteiger charge is 2.18. The Kier molecular flexibility index (Phi) is 4.17. The van der Waals surface area contributed by atoms with Gasteiger partial charge < -0.3 is 4.74 Å². The first-order valence-electron chi connectivity index (χ1n) is 4.16. The molecule has 0 fully saturated rings. The van der Waals surface area contributed by atoms with Crippen molar-refractivity contribution >= 4 is 0 Å². The summed E-state index contributed by atoms with van der Waals surface area (Å²) in [6.45, 7) is 3.80. The van der Waals surface area contributed by atoms with Crippen molar-refractivity contribution in [2.24, 2.45) is 0 Å². The van der Waals surface area contributed by atoms with Crippen molar-refractivity contribution in [2.45, 2.75) is 26.7 Å². The van der Waals surface area contributed by atoms with Crippen LogP contribution < -0.4 is 4.74 Å². The third-order valence-electron chi connectivity index (χ3n) is 2.09. The summed E-state index contributed by atoms with van der Waals surface area (Å²) >= 11 is 0. The molecule has 0 heterocycles. The Morgan fingerprint density at radius 1 is 1.21 bits per heavy atom. The number of benzene rings is 1. The van der Waals surface area contributed by atoms with E-state index in [2.05, 4.69) is 6.07 Å². The quantitative estimate of drug-likeness (QED) is 0.719. The SMILES string of the molecule is C.COc1ccc(C(C)(C)C#N)cc1. The van der Waals surface area contributed by atoms with Gasteiger partial charge in [0.2, 0.25) is 0 Å². The number of nitriles is 1. The lowest BCUT2D eigenvalue weighted by molar-refractivity contribution is 0.414. The zero-order chi connectivity index (χ0) is 9.90. The van der Waals surface area contributed by atoms with E-state index < -0.39 is 5.41 Å². The molecule has 0 aliphatic heterocycles. The Morgan fingerprint density at radius 3 is 2.07 bits per heavy atom. The molecule has 0 unspecified atom stereocenters. The third kappa shape index (κ3) is 2.50. The Hall–Kier alpha value is -1.49. The molecule has 0 bridgehead atoms. The summed E-state index contributed by atoms with van der Waals surface area (Å²) in [5.41, 5.74) is 0.586. The molecule has 0 saturated carbocycles. The van der Waals surface area contributed by atoms with Gasteiger partial charge in [-0.3, -0.25) is 0 Å². The first-order valence-corrected chi connectivity index (χ1v) is 4.16. The largest absolute Gasteiger partial charge is 0.497 e. The second-order valence-electron chi connectivity index (χ2n) is 3.47. The van der Waals surface area contributed by atoms with Crippen LogP contribution in [-0.2, 0) is 5.41 Å².